The highest BCUT2D eigenvalue weighted by molar-refractivity contribution is 9.09. The van der Waals surface area contributed by atoms with E-state index in [0.29, 0.717) is 9.85 Å². The first-order valence-corrected chi connectivity index (χ1v) is 5.77. The smallest absolute Gasteiger partial charge is 0.137 e. The van der Waals surface area contributed by atoms with E-state index in [1.807, 2.05) is 12.1 Å². The quantitative estimate of drug-likeness (QED) is 0.791. The molecule has 1 aliphatic rings. The molecule has 0 aromatic heterocycles. The average molecular weight is 277 g/mol. The fraction of sp³-hybridized carbons (Fsp3) is 0.400. The maximum Gasteiger partial charge on any atom is 0.137 e. The molecule has 1 atom stereocenters. The number of rotatable bonds is 1. The van der Waals surface area contributed by atoms with Gasteiger partial charge in [0.25, 0.3) is 0 Å². The molecule has 14 heavy (non-hydrogen) atoms. The van der Waals surface area contributed by atoms with Gasteiger partial charge in [0.1, 0.15) is 5.75 Å². The monoisotopic (exact) mass is 275 g/mol. The Morgan fingerprint density at radius 2 is 2.36 bits per heavy atom. The van der Waals surface area contributed by atoms with Gasteiger partial charge in [-0.15, -0.1) is 0 Å². The van der Waals surface area contributed by atoms with Crippen molar-refractivity contribution in [3.63, 3.8) is 0 Å². The van der Waals surface area contributed by atoms with Crippen molar-refractivity contribution in [1.82, 2.24) is 0 Å². The molecule has 1 aliphatic heterocycles. The fourth-order valence-corrected chi connectivity index (χ4v) is 2.48. The Labute approximate surface area is 96.7 Å². The summed E-state index contributed by atoms with van der Waals surface area (Å²) in [7, 11) is 1.63. The molecule has 0 spiro atoms. The van der Waals surface area contributed by atoms with Crippen LogP contribution in [0.2, 0.25) is 5.02 Å². The van der Waals surface area contributed by atoms with E-state index in [-0.39, 0.29) is 0 Å². The maximum absolute atomic E-state index is 6.03. The molecule has 0 amide bonds. The van der Waals surface area contributed by atoms with Crippen LogP contribution in [0, 0.1) is 0 Å². The van der Waals surface area contributed by atoms with Gasteiger partial charge in [-0.1, -0.05) is 27.5 Å². The van der Waals surface area contributed by atoms with Crippen LogP contribution < -0.4 is 10.1 Å². The summed E-state index contributed by atoms with van der Waals surface area (Å²) in [6.07, 6.45) is 1.08. The highest BCUT2D eigenvalue weighted by atomic mass is 79.9. The molecule has 1 unspecified atom stereocenters. The van der Waals surface area contributed by atoms with Crippen LogP contribution in [-0.4, -0.2) is 13.7 Å². The third kappa shape index (κ3) is 1.71. The molecule has 1 aromatic carbocycles. The summed E-state index contributed by atoms with van der Waals surface area (Å²) in [4.78, 5) is 0.393. The van der Waals surface area contributed by atoms with Crippen LogP contribution in [0.4, 0.5) is 5.69 Å². The van der Waals surface area contributed by atoms with Crippen LogP contribution in [0.15, 0.2) is 12.1 Å². The number of anilines is 1. The van der Waals surface area contributed by atoms with Gasteiger partial charge in [0.15, 0.2) is 0 Å². The van der Waals surface area contributed by atoms with Crippen LogP contribution in [0.5, 0.6) is 5.75 Å². The predicted octanol–water partition coefficient (Wildman–Crippen LogP) is 3.60. The van der Waals surface area contributed by atoms with Crippen molar-refractivity contribution >= 4 is 33.2 Å². The zero-order valence-corrected chi connectivity index (χ0v) is 10.2. The number of hydrogen-bond donors (Lipinski definition) is 1. The van der Waals surface area contributed by atoms with E-state index in [0.717, 1.165) is 24.4 Å². The highest BCUT2D eigenvalue weighted by Crippen LogP contribution is 2.40. The summed E-state index contributed by atoms with van der Waals surface area (Å²) in [5.74, 6) is 0.735. The molecule has 1 heterocycles. The summed E-state index contributed by atoms with van der Waals surface area (Å²) in [5, 5.41) is 3.97. The third-order valence-corrected chi connectivity index (χ3v) is 3.62. The van der Waals surface area contributed by atoms with Crippen LogP contribution in [0.25, 0.3) is 0 Å². The second kappa shape index (κ2) is 3.99. The first-order valence-electron chi connectivity index (χ1n) is 4.47. The van der Waals surface area contributed by atoms with E-state index in [1.165, 1.54) is 5.56 Å². The lowest BCUT2D eigenvalue weighted by molar-refractivity contribution is 0.414. The molecule has 0 saturated heterocycles. The first-order chi connectivity index (χ1) is 6.72. The molecule has 0 aliphatic carbocycles. The van der Waals surface area contributed by atoms with Gasteiger partial charge in [-0.3, -0.25) is 0 Å². The Balaban J connectivity index is 2.49. The second-order valence-corrected chi connectivity index (χ2v) is 4.77. The number of alkyl halides is 1. The van der Waals surface area contributed by atoms with Crippen LogP contribution in [0.1, 0.15) is 16.8 Å². The minimum atomic E-state index is 0.393. The summed E-state index contributed by atoms with van der Waals surface area (Å²) in [6.45, 7) is 0.978. The average Bonchev–Trinajstić information content (AvgIpc) is 2.17. The molecular formula is C10H11BrClNO. The SMILES string of the molecule is COc1cc2c(cc1Cl)NCCC2Br. The molecule has 0 fully saturated rings. The number of hydrogen-bond acceptors (Lipinski definition) is 2. The zero-order valence-electron chi connectivity index (χ0n) is 7.81. The van der Waals surface area contributed by atoms with E-state index < -0.39 is 0 Å². The molecule has 4 heteroatoms. The fourth-order valence-electron chi connectivity index (χ4n) is 1.63. The van der Waals surface area contributed by atoms with E-state index in [2.05, 4.69) is 21.2 Å². The number of fused-ring (bicyclic) bond motifs is 1. The van der Waals surface area contributed by atoms with Crippen LogP contribution in [-0.2, 0) is 0 Å². The number of halogens is 2. The second-order valence-electron chi connectivity index (χ2n) is 3.26. The summed E-state index contributed by atoms with van der Waals surface area (Å²) < 4.78 is 5.18. The lowest BCUT2D eigenvalue weighted by Crippen LogP contribution is -2.13. The standard InChI is InChI=1S/C10H11BrClNO/c1-14-10-4-6-7(11)2-3-13-9(6)5-8(10)12/h4-5,7,13H,2-3H2,1H3. The summed E-state index contributed by atoms with van der Waals surface area (Å²) >= 11 is 9.66. The molecule has 2 nitrogen and oxygen atoms in total. The van der Waals surface area contributed by atoms with Crippen LogP contribution in [0.3, 0.4) is 0 Å². The Bertz CT molecular complexity index is 356. The predicted molar refractivity (Wildman–Crippen MR) is 62.8 cm³/mol. The van der Waals surface area contributed by atoms with E-state index in [1.54, 1.807) is 7.11 Å². The molecular weight excluding hydrogens is 265 g/mol. The van der Waals surface area contributed by atoms with Gasteiger partial charge in [0.05, 0.1) is 12.1 Å². The Hall–Kier alpha value is -0.410. The topological polar surface area (TPSA) is 21.3 Å². The largest absolute Gasteiger partial charge is 0.495 e. The van der Waals surface area contributed by atoms with Crippen molar-refractivity contribution in [1.29, 1.82) is 0 Å². The first kappa shape index (κ1) is 10.1. The Morgan fingerprint density at radius 1 is 1.57 bits per heavy atom. The van der Waals surface area contributed by atoms with E-state index in [4.69, 9.17) is 16.3 Å². The van der Waals surface area contributed by atoms with Crippen molar-refractivity contribution < 1.29 is 4.74 Å². The molecule has 0 saturated carbocycles. The lowest BCUT2D eigenvalue weighted by Gasteiger charge is -2.23. The van der Waals surface area contributed by atoms with Crippen molar-refractivity contribution in [3.05, 3.63) is 22.7 Å². The minimum Gasteiger partial charge on any atom is -0.495 e. The normalized spacial score (nSPS) is 19.8. The summed E-state index contributed by atoms with van der Waals surface area (Å²) in [6, 6.07) is 3.91. The summed E-state index contributed by atoms with van der Waals surface area (Å²) in [5.41, 5.74) is 2.32. The Morgan fingerprint density at radius 3 is 3.07 bits per heavy atom. The minimum absolute atomic E-state index is 0.393. The lowest BCUT2D eigenvalue weighted by atomic mass is 10.0. The van der Waals surface area contributed by atoms with Crippen molar-refractivity contribution in [2.45, 2.75) is 11.2 Å². The van der Waals surface area contributed by atoms with Gasteiger partial charge in [-0.25, -0.2) is 0 Å². The van der Waals surface area contributed by atoms with Crippen molar-refractivity contribution in [2.24, 2.45) is 0 Å². The molecule has 0 bridgehead atoms. The van der Waals surface area contributed by atoms with Gasteiger partial charge in [-0.05, 0) is 24.1 Å². The molecule has 1 aromatic rings. The van der Waals surface area contributed by atoms with Gasteiger partial charge in [0, 0.05) is 17.1 Å². The number of methoxy groups -OCH3 is 1. The number of benzene rings is 1. The van der Waals surface area contributed by atoms with Gasteiger partial charge < -0.3 is 10.1 Å². The van der Waals surface area contributed by atoms with Crippen LogP contribution >= 0.6 is 27.5 Å². The van der Waals surface area contributed by atoms with Gasteiger partial charge in [0.2, 0.25) is 0 Å². The zero-order chi connectivity index (χ0) is 10.1. The number of ether oxygens (including phenoxy) is 1. The molecule has 1 N–H and O–H groups in total. The molecule has 2 rings (SSSR count). The van der Waals surface area contributed by atoms with Gasteiger partial charge >= 0.3 is 0 Å². The Kier molecular flexibility index (Phi) is 2.88. The third-order valence-electron chi connectivity index (χ3n) is 2.37. The number of nitrogens with one attached hydrogen (secondary N) is 1. The van der Waals surface area contributed by atoms with E-state index >= 15 is 0 Å². The maximum atomic E-state index is 6.03. The molecule has 76 valence electrons. The van der Waals surface area contributed by atoms with Crippen molar-refractivity contribution in [3.8, 4) is 5.75 Å². The molecule has 0 radical (unpaired) electrons. The van der Waals surface area contributed by atoms with Gasteiger partial charge in [-0.2, -0.15) is 0 Å². The van der Waals surface area contributed by atoms with E-state index in [9.17, 15) is 0 Å². The van der Waals surface area contributed by atoms with Crippen molar-refractivity contribution in [2.75, 3.05) is 19.0 Å². The highest BCUT2D eigenvalue weighted by Gasteiger charge is 2.19.